The Bertz CT molecular complexity index is 982. The topological polar surface area (TPSA) is 69.7 Å². The van der Waals surface area contributed by atoms with Crippen LogP contribution in [0.2, 0.25) is 0 Å². The van der Waals surface area contributed by atoms with Crippen molar-refractivity contribution in [1.29, 1.82) is 0 Å². The largest absolute Gasteiger partial charge is 0.372 e. The Hall–Kier alpha value is -2.45. The maximum absolute atomic E-state index is 13.0. The van der Waals surface area contributed by atoms with E-state index in [1.54, 1.807) is 0 Å². The van der Waals surface area contributed by atoms with Crippen LogP contribution >= 0.6 is 0 Å². The molecule has 1 N–H and O–H groups in total. The van der Waals surface area contributed by atoms with Crippen molar-refractivity contribution in [2.24, 2.45) is 5.92 Å². The van der Waals surface area contributed by atoms with E-state index in [0.29, 0.717) is 38.0 Å². The number of benzene rings is 2. The number of hydrogen-bond donors (Lipinski definition) is 1. The van der Waals surface area contributed by atoms with Gasteiger partial charge in [0.15, 0.2) is 0 Å². The van der Waals surface area contributed by atoms with Gasteiger partial charge in [-0.05, 0) is 62.1 Å². The Morgan fingerprint density at radius 3 is 2.12 bits per heavy atom. The first kappa shape index (κ1) is 24.2. The van der Waals surface area contributed by atoms with Crippen molar-refractivity contribution < 1.29 is 17.6 Å². The number of hydrogen-bond acceptors (Lipinski definition) is 4. The highest BCUT2D eigenvalue weighted by molar-refractivity contribution is 7.88. The summed E-state index contributed by atoms with van der Waals surface area (Å²) in [7, 11) is -3.49. The molecule has 1 heterocycles. The van der Waals surface area contributed by atoms with Gasteiger partial charge in [-0.25, -0.2) is 17.1 Å². The van der Waals surface area contributed by atoms with Gasteiger partial charge in [0, 0.05) is 44.3 Å². The molecule has 0 atom stereocenters. The number of nitrogens with zero attached hydrogens (tertiary/aromatic N) is 2. The van der Waals surface area contributed by atoms with Crippen molar-refractivity contribution in [3.63, 3.8) is 0 Å². The van der Waals surface area contributed by atoms with E-state index >= 15 is 0 Å². The molecule has 1 saturated heterocycles. The van der Waals surface area contributed by atoms with E-state index in [0.717, 1.165) is 18.7 Å². The van der Waals surface area contributed by atoms with Crippen LogP contribution in [0.15, 0.2) is 48.5 Å². The predicted molar refractivity (Wildman–Crippen MR) is 125 cm³/mol. The molecule has 0 unspecified atom stereocenters. The summed E-state index contributed by atoms with van der Waals surface area (Å²) in [4.78, 5) is 14.9. The molecule has 32 heavy (non-hydrogen) atoms. The monoisotopic (exact) mass is 461 g/mol. The van der Waals surface area contributed by atoms with Crippen molar-refractivity contribution in [2.75, 3.05) is 31.1 Å². The van der Waals surface area contributed by atoms with Gasteiger partial charge in [-0.2, -0.15) is 0 Å². The maximum atomic E-state index is 13.0. The van der Waals surface area contributed by atoms with Gasteiger partial charge in [-0.15, -0.1) is 0 Å². The first-order valence-corrected chi connectivity index (χ1v) is 12.8. The molecule has 1 fully saturated rings. The normalized spacial score (nSPS) is 15.5. The van der Waals surface area contributed by atoms with Gasteiger partial charge in [-0.1, -0.05) is 24.3 Å². The number of rotatable bonds is 9. The summed E-state index contributed by atoms with van der Waals surface area (Å²) in [6.07, 6.45) is 0.991. The van der Waals surface area contributed by atoms with Crippen LogP contribution < -0.4 is 10.2 Å². The van der Waals surface area contributed by atoms with Crippen molar-refractivity contribution >= 4 is 21.6 Å². The lowest BCUT2D eigenvalue weighted by Crippen LogP contribution is -2.43. The van der Waals surface area contributed by atoms with E-state index in [2.05, 4.69) is 36.2 Å². The van der Waals surface area contributed by atoms with Crippen LogP contribution in [0.5, 0.6) is 0 Å². The molecule has 6 nitrogen and oxygen atoms in total. The third-order valence-electron chi connectivity index (χ3n) is 6.01. The molecule has 1 amide bonds. The van der Waals surface area contributed by atoms with Crippen LogP contribution in [0.4, 0.5) is 10.1 Å². The number of nitrogens with one attached hydrogen (secondary N) is 1. The number of carbonyl (C=O) groups is 1. The number of piperidine rings is 1. The van der Waals surface area contributed by atoms with Crippen molar-refractivity contribution in [3.05, 3.63) is 65.5 Å². The Morgan fingerprint density at radius 1 is 1.00 bits per heavy atom. The van der Waals surface area contributed by atoms with E-state index in [1.807, 2.05) is 12.1 Å². The molecule has 0 bridgehead atoms. The number of anilines is 1. The first-order valence-electron chi connectivity index (χ1n) is 11.2. The van der Waals surface area contributed by atoms with E-state index in [4.69, 9.17) is 0 Å². The number of sulfonamides is 1. The minimum absolute atomic E-state index is 0.0339. The molecule has 2 aromatic carbocycles. The smallest absolute Gasteiger partial charge is 0.223 e. The minimum atomic E-state index is -3.49. The van der Waals surface area contributed by atoms with Crippen molar-refractivity contribution in [1.82, 2.24) is 9.62 Å². The van der Waals surface area contributed by atoms with Crippen LogP contribution in [0.1, 0.15) is 37.8 Å². The molecule has 0 aromatic heterocycles. The zero-order valence-corrected chi connectivity index (χ0v) is 19.6. The van der Waals surface area contributed by atoms with Crippen molar-refractivity contribution in [3.8, 4) is 0 Å². The first-order chi connectivity index (χ1) is 15.3. The SMILES string of the molecule is CCN(CC)c1ccc(CNC(=O)C2CCN(S(=O)(=O)Cc3ccc(F)cc3)CC2)cc1. The molecule has 0 aliphatic carbocycles. The van der Waals surface area contributed by atoms with Gasteiger partial charge in [-0.3, -0.25) is 4.79 Å². The molecule has 0 spiro atoms. The summed E-state index contributed by atoms with van der Waals surface area (Å²) in [6.45, 7) is 7.24. The van der Waals surface area contributed by atoms with Crippen molar-refractivity contribution in [2.45, 2.75) is 39.0 Å². The molecule has 174 valence electrons. The maximum Gasteiger partial charge on any atom is 0.223 e. The Morgan fingerprint density at radius 2 is 1.56 bits per heavy atom. The highest BCUT2D eigenvalue weighted by Gasteiger charge is 2.31. The van der Waals surface area contributed by atoms with E-state index < -0.39 is 15.8 Å². The summed E-state index contributed by atoms with van der Waals surface area (Å²) in [5.41, 5.74) is 2.76. The van der Waals surface area contributed by atoms with E-state index in [1.165, 1.54) is 34.3 Å². The molecule has 3 rings (SSSR count). The summed E-state index contributed by atoms with van der Waals surface area (Å²) in [6, 6.07) is 13.7. The minimum Gasteiger partial charge on any atom is -0.372 e. The molecular formula is C24H32FN3O3S. The molecule has 1 aliphatic rings. The van der Waals surface area contributed by atoms with Gasteiger partial charge in [0.1, 0.15) is 5.82 Å². The lowest BCUT2D eigenvalue weighted by molar-refractivity contribution is -0.126. The second-order valence-corrected chi connectivity index (χ2v) is 10.1. The van der Waals surface area contributed by atoms with Crippen LogP contribution in [0.3, 0.4) is 0 Å². The van der Waals surface area contributed by atoms with Gasteiger partial charge in [0.25, 0.3) is 0 Å². The molecule has 0 saturated carbocycles. The fourth-order valence-electron chi connectivity index (χ4n) is 4.03. The Kier molecular flexibility index (Phi) is 8.26. The standard InChI is InChI=1S/C24H32FN3O3S/c1-3-27(4-2)23-11-7-19(8-12-23)17-26-24(29)21-13-15-28(16-14-21)32(30,31)18-20-5-9-22(25)10-6-20/h5-12,21H,3-4,13-18H2,1-2H3,(H,26,29). The lowest BCUT2D eigenvalue weighted by atomic mass is 9.97. The zero-order chi connectivity index (χ0) is 23.1. The average Bonchev–Trinajstić information content (AvgIpc) is 2.80. The van der Waals surface area contributed by atoms with Gasteiger partial charge in [0.05, 0.1) is 5.75 Å². The van der Waals surface area contributed by atoms with E-state index in [-0.39, 0.29) is 17.6 Å². The third kappa shape index (κ3) is 6.29. The Labute approximate surface area is 190 Å². The predicted octanol–water partition coefficient (Wildman–Crippen LogP) is 3.53. The van der Waals surface area contributed by atoms with Crippen LogP contribution in [-0.4, -0.2) is 44.8 Å². The van der Waals surface area contributed by atoms with Crippen LogP contribution in [-0.2, 0) is 27.1 Å². The molecule has 8 heteroatoms. The third-order valence-corrected chi connectivity index (χ3v) is 7.86. The molecule has 0 radical (unpaired) electrons. The van der Waals surface area contributed by atoms with Gasteiger partial charge in [0.2, 0.25) is 15.9 Å². The fraction of sp³-hybridized carbons (Fsp3) is 0.458. The average molecular weight is 462 g/mol. The lowest BCUT2D eigenvalue weighted by Gasteiger charge is -2.30. The van der Waals surface area contributed by atoms with Gasteiger partial charge < -0.3 is 10.2 Å². The Balaban J connectivity index is 1.47. The van der Waals surface area contributed by atoms with E-state index in [9.17, 15) is 17.6 Å². The zero-order valence-electron chi connectivity index (χ0n) is 18.8. The quantitative estimate of drug-likeness (QED) is 0.620. The second-order valence-electron chi connectivity index (χ2n) is 8.11. The number of halogens is 1. The summed E-state index contributed by atoms with van der Waals surface area (Å²) in [5.74, 6) is -0.776. The van der Waals surface area contributed by atoms with Gasteiger partial charge >= 0.3 is 0 Å². The summed E-state index contributed by atoms with van der Waals surface area (Å²) in [5, 5.41) is 2.99. The highest BCUT2D eigenvalue weighted by Crippen LogP contribution is 2.22. The highest BCUT2D eigenvalue weighted by atomic mass is 32.2. The number of carbonyl (C=O) groups excluding carboxylic acids is 1. The molecule has 2 aromatic rings. The summed E-state index contributed by atoms with van der Waals surface area (Å²) < 4.78 is 39.8. The fourth-order valence-corrected chi connectivity index (χ4v) is 5.59. The molecular weight excluding hydrogens is 429 g/mol. The van der Waals surface area contributed by atoms with Crippen LogP contribution in [0, 0.1) is 11.7 Å². The second kappa shape index (κ2) is 10.9. The van der Waals surface area contributed by atoms with Crippen LogP contribution in [0.25, 0.3) is 0 Å². The summed E-state index contributed by atoms with van der Waals surface area (Å²) >= 11 is 0. The molecule has 1 aliphatic heterocycles. The number of amides is 1.